The minimum absolute atomic E-state index is 1.23. The van der Waals surface area contributed by atoms with Crippen LogP contribution in [0, 0.1) is 0 Å². The molecule has 0 spiro atoms. The van der Waals surface area contributed by atoms with Crippen LogP contribution >= 0.6 is 0 Å². The fraction of sp³-hybridized carbons (Fsp3) is 0. The van der Waals surface area contributed by atoms with Crippen LogP contribution in [0.2, 0.25) is 0 Å². The van der Waals surface area contributed by atoms with Crippen molar-refractivity contribution in [3.05, 3.63) is 473 Å². The largest absolute Gasteiger partial charge is 0.0616 e. The summed E-state index contributed by atoms with van der Waals surface area (Å²) in [6, 6.07) is 176. The van der Waals surface area contributed by atoms with E-state index in [-0.39, 0.29) is 0 Å². The molecule has 132 heavy (non-hydrogen) atoms. The van der Waals surface area contributed by atoms with Gasteiger partial charge in [0.05, 0.1) is 0 Å². The van der Waals surface area contributed by atoms with Crippen molar-refractivity contribution in [2.75, 3.05) is 0 Å². The van der Waals surface area contributed by atoms with E-state index in [4.69, 9.17) is 0 Å². The predicted molar refractivity (Wildman–Crippen MR) is 570 cm³/mol. The molecule has 30 aromatic carbocycles. The van der Waals surface area contributed by atoms with Crippen LogP contribution < -0.4 is 0 Å². The first kappa shape index (κ1) is 74.0. The highest BCUT2D eigenvalue weighted by Gasteiger charge is 2.22. The molecule has 0 N–H and O–H groups in total. The third-order valence-corrected chi connectivity index (χ3v) is 29.3. The molecule has 0 radical (unpaired) electrons. The SMILES string of the molecule is c1cc(-c2ccc(-c3ccc4ccc5cccc6ccc3c4c56)cc2)cc(-c2ccc3ccc4cccc5ccc2c3c45)c1.c1cc(-c2cccc(-c3ccc4ccc5cccc6ccc3c4c56)c2)cc(-c2ccc3ccc4cccc5ccc2c3c45)c1.c1ccc(-c2ccc3ccc4cccc5ccc2c3c45)c(-c2ccc(-c3ccc4ccc5cccc6ccc3c4c56)cc2)c1. The summed E-state index contributed by atoms with van der Waals surface area (Å²) in [5.74, 6) is 0. The van der Waals surface area contributed by atoms with Crippen LogP contribution in [0.15, 0.2) is 473 Å². The molecular formula is C132H78. The van der Waals surface area contributed by atoms with E-state index in [0.29, 0.717) is 0 Å². The van der Waals surface area contributed by atoms with Gasteiger partial charge in [0.15, 0.2) is 0 Å². The number of rotatable bonds is 9. The minimum Gasteiger partial charge on any atom is -0.0616 e. The van der Waals surface area contributed by atoms with Gasteiger partial charge in [-0.05, 0) is 312 Å². The maximum absolute atomic E-state index is 2.36. The topological polar surface area (TPSA) is 0 Å². The smallest absolute Gasteiger partial charge is 0.00206 e. The van der Waals surface area contributed by atoms with Crippen LogP contribution in [0.4, 0.5) is 0 Å². The second-order valence-corrected chi connectivity index (χ2v) is 36.3. The molecule has 30 rings (SSSR count). The Morgan fingerprint density at radius 1 is 0.0758 bits per heavy atom. The number of hydrogen-bond donors (Lipinski definition) is 0. The van der Waals surface area contributed by atoms with Gasteiger partial charge in [0, 0.05) is 0 Å². The summed E-state index contributed by atoms with van der Waals surface area (Å²) in [5, 5.41) is 47.6. The first-order valence-electron chi connectivity index (χ1n) is 46.0. The zero-order valence-corrected chi connectivity index (χ0v) is 72.0. The lowest BCUT2D eigenvalue weighted by Crippen LogP contribution is -1.90. The number of benzene rings is 30. The molecule has 0 heterocycles. The van der Waals surface area contributed by atoms with Crippen molar-refractivity contribution in [2.24, 2.45) is 0 Å². The highest BCUT2D eigenvalue weighted by Crippen LogP contribution is 2.50. The van der Waals surface area contributed by atoms with Gasteiger partial charge in [0.2, 0.25) is 0 Å². The molecule has 0 atom stereocenters. The Hall–Kier alpha value is -17.2. The quantitative estimate of drug-likeness (QED) is 0.126. The molecule has 0 saturated heterocycles. The molecule has 0 aliphatic heterocycles. The molecule has 606 valence electrons. The second-order valence-electron chi connectivity index (χ2n) is 36.3. The summed E-state index contributed by atoms with van der Waals surface area (Å²) in [4.78, 5) is 0. The van der Waals surface area contributed by atoms with E-state index in [2.05, 4.69) is 473 Å². The van der Waals surface area contributed by atoms with Crippen LogP contribution in [0.25, 0.3) is 294 Å². The van der Waals surface area contributed by atoms with Gasteiger partial charge in [0.25, 0.3) is 0 Å². The molecular weight excluding hydrogens is 1590 g/mol. The van der Waals surface area contributed by atoms with E-state index in [1.165, 1.54) is 294 Å². The van der Waals surface area contributed by atoms with Crippen molar-refractivity contribution < 1.29 is 0 Å². The van der Waals surface area contributed by atoms with Crippen molar-refractivity contribution in [1.29, 1.82) is 0 Å². The lowest BCUT2D eigenvalue weighted by molar-refractivity contribution is 1.59. The van der Waals surface area contributed by atoms with Gasteiger partial charge >= 0.3 is 0 Å². The van der Waals surface area contributed by atoms with E-state index in [1.807, 2.05) is 0 Å². The first-order valence-corrected chi connectivity index (χ1v) is 46.0. The minimum atomic E-state index is 1.23. The van der Waals surface area contributed by atoms with Crippen molar-refractivity contribution >= 4 is 194 Å². The van der Waals surface area contributed by atoms with Gasteiger partial charge < -0.3 is 0 Å². The van der Waals surface area contributed by atoms with E-state index >= 15 is 0 Å². The summed E-state index contributed by atoms with van der Waals surface area (Å²) in [5.41, 5.74) is 22.6. The van der Waals surface area contributed by atoms with Crippen molar-refractivity contribution in [3.8, 4) is 100 Å². The van der Waals surface area contributed by atoms with Crippen molar-refractivity contribution in [2.45, 2.75) is 0 Å². The monoisotopic (exact) mass is 1660 g/mol. The Morgan fingerprint density at radius 2 is 0.242 bits per heavy atom. The molecule has 0 aliphatic carbocycles. The summed E-state index contributed by atoms with van der Waals surface area (Å²) in [6.07, 6.45) is 0. The molecule has 0 unspecified atom stereocenters. The molecule has 0 amide bonds. The average Bonchev–Trinajstić information content (AvgIpc) is 0.749. The molecule has 0 saturated carbocycles. The van der Waals surface area contributed by atoms with Gasteiger partial charge in [0.1, 0.15) is 0 Å². The summed E-state index contributed by atoms with van der Waals surface area (Å²) in [6.45, 7) is 0. The Labute approximate surface area is 761 Å². The Bertz CT molecular complexity index is 9610. The molecule has 0 heteroatoms. The molecule has 0 bridgehead atoms. The first-order chi connectivity index (χ1) is 65.4. The normalized spacial score (nSPS) is 12.1. The van der Waals surface area contributed by atoms with Gasteiger partial charge in [-0.3, -0.25) is 0 Å². The molecule has 0 nitrogen and oxygen atoms in total. The highest BCUT2D eigenvalue weighted by molar-refractivity contribution is 6.32. The summed E-state index contributed by atoms with van der Waals surface area (Å²) < 4.78 is 0. The van der Waals surface area contributed by atoms with Gasteiger partial charge in [-0.25, -0.2) is 0 Å². The predicted octanol–water partition coefficient (Wildman–Crippen LogP) is 37.4. The van der Waals surface area contributed by atoms with Crippen LogP contribution in [0.3, 0.4) is 0 Å². The van der Waals surface area contributed by atoms with Crippen LogP contribution in [0.5, 0.6) is 0 Å². The fourth-order valence-electron chi connectivity index (χ4n) is 23.1. The number of hydrogen-bond acceptors (Lipinski definition) is 0. The third-order valence-electron chi connectivity index (χ3n) is 29.3. The van der Waals surface area contributed by atoms with E-state index < -0.39 is 0 Å². The molecule has 0 fully saturated rings. The van der Waals surface area contributed by atoms with Gasteiger partial charge in [-0.1, -0.05) is 455 Å². The lowest BCUT2D eigenvalue weighted by atomic mass is 9.87. The zero-order chi connectivity index (χ0) is 86.3. The highest BCUT2D eigenvalue weighted by atomic mass is 14.3. The zero-order valence-electron chi connectivity index (χ0n) is 72.0. The van der Waals surface area contributed by atoms with Crippen LogP contribution in [0.1, 0.15) is 0 Å². The van der Waals surface area contributed by atoms with Gasteiger partial charge in [-0.2, -0.15) is 0 Å². The summed E-state index contributed by atoms with van der Waals surface area (Å²) >= 11 is 0. The maximum atomic E-state index is 2.36. The third kappa shape index (κ3) is 11.5. The Balaban J connectivity index is 0.0000000991. The average molecular weight is 1660 g/mol. The molecule has 0 aromatic heterocycles. The lowest BCUT2D eigenvalue weighted by Gasteiger charge is -2.17. The summed E-state index contributed by atoms with van der Waals surface area (Å²) in [7, 11) is 0. The maximum Gasteiger partial charge on any atom is -0.00206 e. The van der Waals surface area contributed by atoms with Crippen LogP contribution in [-0.2, 0) is 0 Å². The Kier molecular flexibility index (Phi) is 16.4. The van der Waals surface area contributed by atoms with E-state index in [1.54, 1.807) is 0 Å². The Morgan fingerprint density at radius 3 is 0.500 bits per heavy atom. The standard InChI is InChI=1S/3C44H26/c1-5-27-13-15-31-17-21-37(39-23-19-29(7-1)41(27)43(31)39)35-11-3-9-33(25-35)34-10-4-12-36(26-34)38-22-18-32-16-14-28-6-2-8-30-20-24-40(38)44(32)42(28)30;1-4-29-14-16-33-18-22-37(39-24-20-31(6-1)41(29)43(33)39)28-12-10-27(11-13-28)35-8-3-9-36(26-35)38-23-19-34-17-15-30-5-2-7-32-21-25-40(38)44(34)42(30)32;1-2-10-37(38-24-20-34-18-16-30-6-4-8-32-22-26-40(38)44(34)42(30)32)35(9-1)27-11-13-28(14-12-27)36-23-19-33-17-15-29-5-3-7-31-21-25-39(36)43(33)41(29)31/h3*1-26H. The fourth-order valence-corrected chi connectivity index (χ4v) is 23.1. The van der Waals surface area contributed by atoms with E-state index in [0.717, 1.165) is 0 Å². The van der Waals surface area contributed by atoms with Crippen molar-refractivity contribution in [3.63, 3.8) is 0 Å². The van der Waals surface area contributed by atoms with E-state index in [9.17, 15) is 0 Å². The molecule has 0 aliphatic rings. The molecule has 30 aromatic rings. The van der Waals surface area contributed by atoms with Crippen LogP contribution in [-0.4, -0.2) is 0 Å². The van der Waals surface area contributed by atoms with Gasteiger partial charge in [-0.15, -0.1) is 0 Å². The van der Waals surface area contributed by atoms with Crippen molar-refractivity contribution in [1.82, 2.24) is 0 Å². The second kappa shape index (κ2) is 29.2.